The number of nitrogens with one attached hydrogen (secondary N) is 1. The number of hydrogen-bond donors (Lipinski definition) is 1. The number of nitrogens with zero attached hydrogens (tertiary/aromatic N) is 1. The van der Waals surface area contributed by atoms with Gasteiger partial charge in [0.05, 0.1) is 13.1 Å². The highest BCUT2D eigenvalue weighted by Gasteiger charge is 2.11. The van der Waals surface area contributed by atoms with Gasteiger partial charge in [0.2, 0.25) is 0 Å². The second-order valence-corrected chi connectivity index (χ2v) is 6.30. The summed E-state index contributed by atoms with van der Waals surface area (Å²) in [4.78, 5) is 4.90. The third-order valence-electron chi connectivity index (χ3n) is 2.47. The molecule has 0 aromatic carbocycles. The zero-order chi connectivity index (χ0) is 12.8. The Morgan fingerprint density at radius 2 is 1.72 bits per heavy atom. The van der Waals surface area contributed by atoms with Gasteiger partial charge >= 0.3 is 0 Å². The zero-order valence-electron chi connectivity index (χ0n) is 10.3. The fourth-order valence-electron chi connectivity index (χ4n) is 1.64. The molecule has 0 saturated heterocycles. The fraction of sp³-hybridized carbons (Fsp3) is 0.308. The van der Waals surface area contributed by atoms with Crippen LogP contribution in [0.2, 0.25) is 0 Å². The summed E-state index contributed by atoms with van der Waals surface area (Å²) < 4.78 is 0. The molecule has 0 atom stereocenters. The Labute approximate surface area is 121 Å². The second kappa shape index (κ2) is 6.87. The van der Waals surface area contributed by atoms with Crippen LogP contribution >= 0.6 is 34.9 Å². The van der Waals surface area contributed by atoms with Crippen molar-refractivity contribution < 1.29 is 0 Å². The first-order chi connectivity index (χ1) is 8.79. The lowest BCUT2D eigenvalue weighted by molar-refractivity contribution is 0.407. The minimum absolute atomic E-state index is 0.833. The van der Waals surface area contributed by atoms with E-state index in [0.29, 0.717) is 0 Å². The van der Waals surface area contributed by atoms with E-state index in [4.69, 9.17) is 12.2 Å². The quantitative estimate of drug-likeness (QED) is 0.847. The molecule has 2 aromatic heterocycles. The molecule has 0 amide bonds. The van der Waals surface area contributed by atoms with E-state index in [-0.39, 0.29) is 0 Å². The van der Waals surface area contributed by atoms with Crippen molar-refractivity contribution in [2.24, 2.45) is 0 Å². The third-order valence-corrected chi connectivity index (χ3v) is 4.59. The molecule has 5 heteroatoms. The first kappa shape index (κ1) is 13.5. The summed E-state index contributed by atoms with van der Waals surface area (Å²) in [5.74, 6) is 0. The molecule has 0 radical (unpaired) electrons. The van der Waals surface area contributed by atoms with E-state index in [9.17, 15) is 0 Å². The molecule has 2 heterocycles. The topological polar surface area (TPSA) is 15.3 Å². The lowest BCUT2D eigenvalue weighted by atomic mass is 10.4. The number of rotatable bonds is 5. The molecule has 2 rings (SSSR count). The maximum atomic E-state index is 5.44. The maximum Gasteiger partial charge on any atom is 0.169 e. The highest BCUT2D eigenvalue weighted by atomic mass is 32.1. The molecule has 2 nitrogen and oxygen atoms in total. The van der Waals surface area contributed by atoms with Crippen LogP contribution in [0.15, 0.2) is 35.0 Å². The molecule has 1 N–H and O–H groups in total. The first-order valence-corrected chi connectivity index (χ1v) is 8.04. The fourth-order valence-corrected chi connectivity index (χ4v) is 3.36. The maximum absolute atomic E-state index is 5.44. The van der Waals surface area contributed by atoms with Crippen molar-refractivity contribution in [3.8, 4) is 0 Å². The second-order valence-electron chi connectivity index (χ2n) is 3.85. The van der Waals surface area contributed by atoms with Crippen LogP contribution in [0.5, 0.6) is 0 Å². The van der Waals surface area contributed by atoms with E-state index in [1.54, 1.807) is 22.7 Å². The van der Waals surface area contributed by atoms with Gasteiger partial charge in [0.15, 0.2) is 5.11 Å². The molecule has 2 aromatic rings. The average Bonchev–Trinajstić information content (AvgIpc) is 3.01. The van der Waals surface area contributed by atoms with Gasteiger partial charge in [-0.2, -0.15) is 0 Å². The van der Waals surface area contributed by atoms with Gasteiger partial charge < -0.3 is 10.2 Å². The van der Waals surface area contributed by atoms with Crippen molar-refractivity contribution in [1.29, 1.82) is 0 Å². The van der Waals surface area contributed by atoms with E-state index in [0.717, 1.165) is 24.7 Å². The van der Waals surface area contributed by atoms with Crippen molar-refractivity contribution in [3.05, 3.63) is 44.8 Å². The highest BCUT2D eigenvalue weighted by molar-refractivity contribution is 7.80. The van der Waals surface area contributed by atoms with Gasteiger partial charge in [-0.05, 0) is 42.0 Å². The predicted molar refractivity (Wildman–Crippen MR) is 84.2 cm³/mol. The Bertz CT molecular complexity index is 426. The zero-order valence-corrected chi connectivity index (χ0v) is 12.7. The van der Waals surface area contributed by atoms with E-state index in [1.807, 2.05) is 0 Å². The predicted octanol–water partition coefficient (Wildman–Crippen LogP) is 3.71. The van der Waals surface area contributed by atoms with Gasteiger partial charge in [-0.1, -0.05) is 12.1 Å². The van der Waals surface area contributed by atoms with Gasteiger partial charge in [0.25, 0.3) is 0 Å². The molecule has 0 fully saturated rings. The number of hydrogen-bond acceptors (Lipinski definition) is 3. The van der Waals surface area contributed by atoms with E-state index in [1.165, 1.54) is 9.75 Å². The normalized spacial score (nSPS) is 10.3. The number of thiocarbonyl (C=S) groups is 1. The van der Waals surface area contributed by atoms with Crippen molar-refractivity contribution in [2.75, 3.05) is 6.54 Å². The lowest BCUT2D eigenvalue weighted by Gasteiger charge is -2.24. The minimum Gasteiger partial charge on any atom is -0.363 e. The molecule has 0 aliphatic carbocycles. The Morgan fingerprint density at radius 1 is 1.17 bits per heavy atom. The molecule has 0 saturated carbocycles. The Kier molecular flexibility index (Phi) is 5.16. The van der Waals surface area contributed by atoms with Crippen LogP contribution in [0, 0.1) is 0 Å². The van der Waals surface area contributed by atoms with Gasteiger partial charge in [-0.3, -0.25) is 0 Å². The van der Waals surface area contributed by atoms with Crippen LogP contribution in [0.25, 0.3) is 0 Å². The van der Waals surface area contributed by atoms with Crippen molar-refractivity contribution in [2.45, 2.75) is 20.0 Å². The minimum atomic E-state index is 0.833. The van der Waals surface area contributed by atoms with Crippen LogP contribution in [0.1, 0.15) is 16.7 Å². The molecule has 0 bridgehead atoms. The Hall–Kier alpha value is -0.910. The summed E-state index contributed by atoms with van der Waals surface area (Å²) in [6.45, 7) is 4.69. The van der Waals surface area contributed by atoms with E-state index >= 15 is 0 Å². The average molecular weight is 296 g/mol. The smallest absolute Gasteiger partial charge is 0.169 e. The number of thiophene rings is 2. The van der Waals surface area contributed by atoms with Gasteiger partial charge in [-0.15, -0.1) is 22.7 Å². The van der Waals surface area contributed by atoms with Crippen molar-refractivity contribution >= 4 is 40.0 Å². The molecule has 18 heavy (non-hydrogen) atoms. The highest BCUT2D eigenvalue weighted by Crippen LogP contribution is 2.17. The van der Waals surface area contributed by atoms with E-state index < -0.39 is 0 Å². The summed E-state index contributed by atoms with van der Waals surface area (Å²) in [6, 6.07) is 8.47. The van der Waals surface area contributed by atoms with Crippen LogP contribution in [0.3, 0.4) is 0 Å². The van der Waals surface area contributed by atoms with Crippen LogP contribution in [-0.4, -0.2) is 16.6 Å². The SMILES string of the molecule is CCNC(=S)N(Cc1cccs1)Cc1cccs1. The monoisotopic (exact) mass is 296 g/mol. The molecule has 0 aliphatic heterocycles. The summed E-state index contributed by atoms with van der Waals surface area (Å²) in [6.07, 6.45) is 0. The molecule has 0 aliphatic rings. The largest absolute Gasteiger partial charge is 0.363 e. The summed E-state index contributed by atoms with van der Waals surface area (Å²) in [5, 5.41) is 8.28. The molecule has 0 unspecified atom stereocenters. The molecule has 0 spiro atoms. The molecular formula is C13H16N2S3. The van der Waals surface area contributed by atoms with Crippen LogP contribution < -0.4 is 5.32 Å². The van der Waals surface area contributed by atoms with Crippen LogP contribution in [-0.2, 0) is 13.1 Å². The third kappa shape index (κ3) is 3.80. The van der Waals surface area contributed by atoms with Gasteiger partial charge in [0, 0.05) is 16.3 Å². The van der Waals surface area contributed by atoms with Gasteiger partial charge in [0.1, 0.15) is 0 Å². The van der Waals surface area contributed by atoms with E-state index in [2.05, 4.69) is 52.2 Å². The standard InChI is InChI=1S/C13H16N2S3/c1-2-14-13(16)15(9-11-5-3-7-17-11)10-12-6-4-8-18-12/h3-8H,2,9-10H2,1H3,(H,14,16). The van der Waals surface area contributed by atoms with Gasteiger partial charge in [-0.25, -0.2) is 0 Å². The first-order valence-electron chi connectivity index (χ1n) is 5.87. The van der Waals surface area contributed by atoms with Crippen molar-refractivity contribution in [3.63, 3.8) is 0 Å². The molecule has 96 valence electrons. The summed E-state index contributed by atoms with van der Waals surface area (Å²) in [5.41, 5.74) is 0. The lowest BCUT2D eigenvalue weighted by Crippen LogP contribution is -2.38. The Balaban J connectivity index is 2.04. The Morgan fingerprint density at radius 3 is 2.11 bits per heavy atom. The van der Waals surface area contributed by atoms with Crippen molar-refractivity contribution in [1.82, 2.24) is 10.2 Å². The van der Waals surface area contributed by atoms with Crippen LogP contribution in [0.4, 0.5) is 0 Å². The summed E-state index contributed by atoms with van der Waals surface area (Å²) >= 11 is 8.99. The molecular weight excluding hydrogens is 280 g/mol. The summed E-state index contributed by atoms with van der Waals surface area (Å²) in [7, 11) is 0.